The van der Waals surface area contributed by atoms with Crippen LogP contribution in [0.4, 0.5) is 0 Å². The molecule has 5 N–H and O–H groups in total. The standard InChI is InChI=1S/C32H41N5O5S/c1-21-14-15-35-28(16-21)37(20-29(38)42-32(2,3)4)31(39)27(18-22-8-7-11-25(17-22)30(33)34)36-43(40,41)26-13-12-23-9-5-6-10-24(23)19-26/h5-13,17,19,21,27-28,35-36H,14-16,18,20H2,1-4H3,(H3,33,34)/t21?,27-,28?/m0/s1. The number of benzene rings is 3. The van der Waals surface area contributed by atoms with E-state index in [9.17, 15) is 18.0 Å². The van der Waals surface area contributed by atoms with Crippen LogP contribution in [0.1, 0.15) is 51.7 Å². The molecule has 230 valence electrons. The van der Waals surface area contributed by atoms with E-state index in [2.05, 4.69) is 17.0 Å². The molecule has 1 aliphatic heterocycles. The van der Waals surface area contributed by atoms with Crippen molar-refractivity contribution in [3.05, 3.63) is 77.9 Å². The molecular weight excluding hydrogens is 566 g/mol. The van der Waals surface area contributed by atoms with Gasteiger partial charge in [0.1, 0.15) is 24.0 Å². The molecular formula is C32H41N5O5S. The van der Waals surface area contributed by atoms with E-state index in [1.54, 1.807) is 57.2 Å². The minimum Gasteiger partial charge on any atom is -0.459 e. The van der Waals surface area contributed by atoms with Gasteiger partial charge in [-0.05, 0) is 87.0 Å². The van der Waals surface area contributed by atoms with Crippen molar-refractivity contribution in [1.29, 1.82) is 5.41 Å². The lowest BCUT2D eigenvalue weighted by molar-refractivity contribution is -0.161. The summed E-state index contributed by atoms with van der Waals surface area (Å²) in [5.74, 6) is -1.00. The van der Waals surface area contributed by atoms with E-state index in [1.807, 2.05) is 24.3 Å². The maximum absolute atomic E-state index is 14.4. The summed E-state index contributed by atoms with van der Waals surface area (Å²) in [4.78, 5) is 28.8. The van der Waals surface area contributed by atoms with Crippen LogP contribution in [0.5, 0.6) is 0 Å². The Morgan fingerprint density at radius 1 is 1.09 bits per heavy atom. The van der Waals surface area contributed by atoms with Crippen molar-refractivity contribution in [3.63, 3.8) is 0 Å². The molecule has 3 atom stereocenters. The zero-order valence-corrected chi connectivity index (χ0v) is 25.9. The number of nitrogen functional groups attached to an aromatic ring is 1. The highest BCUT2D eigenvalue weighted by molar-refractivity contribution is 7.89. The Hall–Kier alpha value is -3.80. The van der Waals surface area contributed by atoms with Crippen LogP contribution in [-0.4, -0.2) is 61.9 Å². The highest BCUT2D eigenvalue weighted by atomic mass is 32.2. The van der Waals surface area contributed by atoms with E-state index in [-0.39, 0.29) is 23.7 Å². The molecule has 10 nitrogen and oxygen atoms in total. The van der Waals surface area contributed by atoms with Gasteiger partial charge in [0.05, 0.1) is 11.1 Å². The third kappa shape index (κ3) is 8.62. The maximum atomic E-state index is 14.4. The third-order valence-corrected chi connectivity index (χ3v) is 8.80. The van der Waals surface area contributed by atoms with Crippen molar-refractivity contribution in [3.8, 4) is 0 Å². The summed E-state index contributed by atoms with van der Waals surface area (Å²) in [6.45, 7) is 7.64. The van der Waals surface area contributed by atoms with Crippen LogP contribution in [0.25, 0.3) is 10.8 Å². The Bertz CT molecular complexity index is 1600. The molecule has 43 heavy (non-hydrogen) atoms. The number of nitrogens with zero attached hydrogens (tertiary/aromatic N) is 1. The molecule has 2 unspecified atom stereocenters. The van der Waals surface area contributed by atoms with Crippen LogP contribution < -0.4 is 15.8 Å². The zero-order chi connectivity index (χ0) is 31.4. The summed E-state index contributed by atoms with van der Waals surface area (Å²) in [6.07, 6.45) is 0.999. The Morgan fingerprint density at radius 2 is 1.81 bits per heavy atom. The molecule has 1 fully saturated rings. The number of rotatable bonds is 10. The first kappa shape index (κ1) is 32.1. The predicted octanol–water partition coefficient (Wildman–Crippen LogP) is 3.53. The number of fused-ring (bicyclic) bond motifs is 1. The van der Waals surface area contributed by atoms with Crippen LogP contribution in [0, 0.1) is 11.3 Å². The van der Waals surface area contributed by atoms with Crippen LogP contribution >= 0.6 is 0 Å². The van der Waals surface area contributed by atoms with Gasteiger partial charge in [0.15, 0.2) is 0 Å². The second-order valence-corrected chi connectivity index (χ2v) is 13.9. The Labute approximate surface area is 253 Å². The number of nitrogens with two attached hydrogens (primary N) is 1. The van der Waals surface area contributed by atoms with Gasteiger partial charge >= 0.3 is 5.97 Å². The number of hydrogen-bond acceptors (Lipinski definition) is 7. The minimum absolute atomic E-state index is 0.0181. The number of hydrogen-bond donors (Lipinski definition) is 4. The third-order valence-electron chi connectivity index (χ3n) is 7.33. The van der Waals surface area contributed by atoms with Crippen molar-refractivity contribution in [1.82, 2.24) is 14.9 Å². The SMILES string of the molecule is CC1CCNC(N(CC(=O)OC(C)(C)C)C(=O)[C@H](Cc2cccc(C(=N)N)c2)NS(=O)(=O)c2ccc3ccccc3c2)C1. The van der Waals surface area contributed by atoms with Crippen LogP contribution in [0.15, 0.2) is 71.6 Å². The molecule has 0 bridgehead atoms. The number of nitrogens with one attached hydrogen (secondary N) is 3. The van der Waals surface area contributed by atoms with Gasteiger partial charge in [-0.2, -0.15) is 4.72 Å². The number of amidine groups is 1. The summed E-state index contributed by atoms with van der Waals surface area (Å²) in [5.41, 5.74) is 6.00. The lowest BCUT2D eigenvalue weighted by Gasteiger charge is -2.39. The van der Waals surface area contributed by atoms with E-state index >= 15 is 0 Å². The van der Waals surface area contributed by atoms with E-state index in [0.29, 0.717) is 30.0 Å². The molecule has 0 aliphatic carbocycles. The van der Waals surface area contributed by atoms with Crippen LogP contribution in [0.3, 0.4) is 0 Å². The number of carbonyl (C=O) groups excluding carboxylic acids is 2. The zero-order valence-electron chi connectivity index (χ0n) is 25.1. The number of ether oxygens (including phenoxy) is 1. The smallest absolute Gasteiger partial charge is 0.326 e. The van der Waals surface area contributed by atoms with Gasteiger partial charge in [-0.1, -0.05) is 55.5 Å². The molecule has 0 spiro atoms. The van der Waals surface area contributed by atoms with Crippen molar-refractivity contribution in [2.45, 2.75) is 69.7 Å². The second kappa shape index (κ2) is 13.2. The van der Waals surface area contributed by atoms with Gasteiger partial charge in [0, 0.05) is 5.56 Å². The van der Waals surface area contributed by atoms with Crippen molar-refractivity contribution in [2.24, 2.45) is 11.7 Å². The van der Waals surface area contributed by atoms with Crippen molar-refractivity contribution >= 4 is 38.5 Å². The van der Waals surface area contributed by atoms with Gasteiger partial charge in [0.2, 0.25) is 15.9 Å². The van der Waals surface area contributed by atoms with E-state index in [4.69, 9.17) is 15.9 Å². The first-order valence-electron chi connectivity index (χ1n) is 14.4. The molecule has 3 aromatic rings. The topological polar surface area (TPSA) is 155 Å². The fourth-order valence-electron chi connectivity index (χ4n) is 5.24. The average molecular weight is 608 g/mol. The van der Waals surface area contributed by atoms with Crippen molar-refractivity contribution < 1.29 is 22.7 Å². The number of piperidine rings is 1. The fourth-order valence-corrected chi connectivity index (χ4v) is 6.47. The fraction of sp³-hybridized carbons (Fsp3) is 0.406. The predicted molar refractivity (Wildman–Crippen MR) is 167 cm³/mol. The normalized spacial score (nSPS) is 18.1. The quantitative estimate of drug-likeness (QED) is 0.156. The maximum Gasteiger partial charge on any atom is 0.326 e. The van der Waals surface area contributed by atoms with Gasteiger partial charge in [-0.25, -0.2) is 8.42 Å². The summed E-state index contributed by atoms with van der Waals surface area (Å²) in [6, 6.07) is 17.7. The lowest BCUT2D eigenvalue weighted by atomic mass is 9.96. The molecule has 0 aromatic heterocycles. The average Bonchev–Trinajstić information content (AvgIpc) is 2.94. The molecule has 4 rings (SSSR count). The molecule has 0 saturated carbocycles. The summed E-state index contributed by atoms with van der Waals surface area (Å²) < 4.78 is 35.7. The summed E-state index contributed by atoms with van der Waals surface area (Å²) >= 11 is 0. The molecule has 11 heteroatoms. The Kier molecular flexibility index (Phi) is 9.89. The summed E-state index contributed by atoms with van der Waals surface area (Å²) in [7, 11) is -4.18. The second-order valence-electron chi connectivity index (χ2n) is 12.2. The Balaban J connectivity index is 1.72. The summed E-state index contributed by atoms with van der Waals surface area (Å²) in [5, 5.41) is 12.8. The number of esters is 1. The van der Waals surface area contributed by atoms with Crippen LogP contribution in [-0.2, 0) is 30.8 Å². The molecule has 1 heterocycles. The van der Waals surface area contributed by atoms with Gasteiger partial charge in [-0.3, -0.25) is 20.3 Å². The Morgan fingerprint density at radius 3 is 2.49 bits per heavy atom. The van der Waals surface area contributed by atoms with E-state index in [1.165, 1.54) is 11.0 Å². The van der Waals surface area contributed by atoms with Gasteiger partial charge < -0.3 is 15.4 Å². The minimum atomic E-state index is -4.18. The molecule has 1 amide bonds. The molecule has 1 aliphatic rings. The van der Waals surface area contributed by atoms with E-state index < -0.39 is 39.7 Å². The van der Waals surface area contributed by atoms with E-state index in [0.717, 1.165) is 17.2 Å². The first-order valence-corrected chi connectivity index (χ1v) is 15.9. The van der Waals surface area contributed by atoms with Gasteiger partial charge in [-0.15, -0.1) is 0 Å². The number of sulfonamides is 1. The number of amides is 1. The largest absolute Gasteiger partial charge is 0.459 e. The highest BCUT2D eigenvalue weighted by Crippen LogP contribution is 2.23. The van der Waals surface area contributed by atoms with Crippen LogP contribution in [0.2, 0.25) is 0 Å². The molecule has 3 aromatic carbocycles. The monoisotopic (exact) mass is 607 g/mol. The number of carbonyl (C=O) groups is 2. The molecule has 1 saturated heterocycles. The first-order chi connectivity index (χ1) is 20.2. The van der Waals surface area contributed by atoms with Crippen molar-refractivity contribution in [2.75, 3.05) is 13.1 Å². The lowest BCUT2D eigenvalue weighted by Crippen LogP contribution is -2.59. The highest BCUT2D eigenvalue weighted by Gasteiger charge is 2.36. The molecule has 0 radical (unpaired) electrons. The van der Waals surface area contributed by atoms with Gasteiger partial charge in [0.25, 0.3) is 0 Å².